The van der Waals surface area contributed by atoms with Gasteiger partial charge in [0.25, 0.3) is 0 Å². The van der Waals surface area contributed by atoms with Crippen LogP contribution in [-0.4, -0.2) is 24.7 Å². The monoisotopic (exact) mass is 264 g/mol. The smallest absolute Gasteiger partial charge is 0.249 e. The normalized spacial score (nSPS) is 13.1. The largest absolute Gasteiger partial charge is 0.382 e. The maximum Gasteiger partial charge on any atom is 0.249 e. The van der Waals surface area contributed by atoms with Gasteiger partial charge in [-0.25, -0.2) is 0 Å². The molecule has 19 heavy (non-hydrogen) atoms. The van der Waals surface area contributed by atoms with Gasteiger partial charge >= 0.3 is 0 Å². The summed E-state index contributed by atoms with van der Waals surface area (Å²) in [5.41, 5.74) is 7.56. The summed E-state index contributed by atoms with van der Waals surface area (Å²) in [6, 6.07) is 5.77. The van der Waals surface area contributed by atoms with Crippen LogP contribution in [0.1, 0.15) is 43.1 Å². The van der Waals surface area contributed by atoms with E-state index in [4.69, 9.17) is 10.5 Å². The maximum atomic E-state index is 11.3. The summed E-state index contributed by atoms with van der Waals surface area (Å²) in [4.78, 5) is 11.3. The second kappa shape index (κ2) is 6.06. The summed E-state index contributed by atoms with van der Waals surface area (Å²) in [5, 5.41) is 3.41. The van der Waals surface area contributed by atoms with E-state index in [1.807, 2.05) is 19.1 Å². The average Bonchev–Trinajstić information content (AvgIpc) is 2.30. The Morgan fingerprint density at radius 3 is 2.63 bits per heavy atom. The molecule has 0 fully saturated rings. The summed E-state index contributed by atoms with van der Waals surface area (Å²) in [6.07, 6.45) is 0.865. The van der Waals surface area contributed by atoms with Crippen LogP contribution >= 0.6 is 0 Å². The van der Waals surface area contributed by atoms with Crippen LogP contribution in [0.3, 0.4) is 0 Å². The van der Waals surface area contributed by atoms with E-state index < -0.39 is 5.91 Å². The van der Waals surface area contributed by atoms with Crippen LogP contribution in [0.2, 0.25) is 0 Å². The van der Waals surface area contributed by atoms with E-state index in [9.17, 15) is 4.79 Å². The highest BCUT2D eigenvalue weighted by atomic mass is 16.5. The van der Waals surface area contributed by atoms with Gasteiger partial charge in [-0.15, -0.1) is 0 Å². The average molecular weight is 264 g/mol. The number of anilines is 1. The number of methoxy groups -OCH3 is 1. The first-order valence-corrected chi connectivity index (χ1v) is 6.48. The molecular weight excluding hydrogens is 240 g/mol. The molecule has 1 unspecified atom stereocenters. The van der Waals surface area contributed by atoms with Crippen molar-refractivity contribution in [1.29, 1.82) is 0 Å². The Balaban J connectivity index is 2.83. The SMILES string of the molecule is COC(C)(C)CC(C)Nc1cccc(C(N)=O)c1C. The molecule has 3 N–H and O–H groups in total. The third-order valence-corrected chi connectivity index (χ3v) is 3.35. The second-order valence-electron chi connectivity index (χ2n) is 5.56. The van der Waals surface area contributed by atoms with Crippen LogP contribution in [0.25, 0.3) is 0 Å². The molecule has 0 saturated carbocycles. The summed E-state index contributed by atoms with van der Waals surface area (Å²) in [5.74, 6) is -0.397. The molecule has 0 radical (unpaired) electrons. The topological polar surface area (TPSA) is 64.3 Å². The number of carbonyl (C=O) groups is 1. The Bertz CT molecular complexity index is 455. The Hall–Kier alpha value is -1.55. The zero-order chi connectivity index (χ0) is 14.6. The highest BCUT2D eigenvalue weighted by molar-refractivity contribution is 5.95. The molecule has 1 amide bonds. The van der Waals surface area contributed by atoms with E-state index in [-0.39, 0.29) is 11.6 Å². The molecule has 0 aliphatic rings. The molecule has 106 valence electrons. The van der Waals surface area contributed by atoms with Crippen molar-refractivity contribution in [2.45, 2.75) is 45.8 Å². The van der Waals surface area contributed by atoms with Gasteiger partial charge in [0.05, 0.1) is 5.60 Å². The van der Waals surface area contributed by atoms with Crippen molar-refractivity contribution >= 4 is 11.6 Å². The standard InChI is InChI=1S/C15H24N2O2/c1-10(9-15(3,4)19-5)17-13-8-6-7-12(11(13)2)14(16)18/h6-8,10,17H,9H2,1-5H3,(H2,16,18). The number of amides is 1. The van der Waals surface area contributed by atoms with Gasteiger partial charge in [0.1, 0.15) is 0 Å². The highest BCUT2D eigenvalue weighted by Gasteiger charge is 2.20. The third kappa shape index (κ3) is 4.24. The van der Waals surface area contributed by atoms with Crippen molar-refractivity contribution < 1.29 is 9.53 Å². The molecule has 0 aliphatic heterocycles. The minimum Gasteiger partial charge on any atom is -0.382 e. The molecule has 4 nitrogen and oxygen atoms in total. The molecule has 0 bridgehead atoms. The van der Waals surface area contributed by atoms with Gasteiger partial charge in [-0.1, -0.05) is 6.07 Å². The zero-order valence-electron chi connectivity index (χ0n) is 12.4. The van der Waals surface area contributed by atoms with E-state index in [0.717, 1.165) is 17.7 Å². The van der Waals surface area contributed by atoms with E-state index in [1.54, 1.807) is 13.2 Å². The molecular formula is C15H24N2O2. The third-order valence-electron chi connectivity index (χ3n) is 3.35. The molecule has 1 aromatic carbocycles. The van der Waals surface area contributed by atoms with Crippen LogP contribution in [0.4, 0.5) is 5.69 Å². The first kappa shape index (κ1) is 15.5. The van der Waals surface area contributed by atoms with Crippen LogP contribution in [0.5, 0.6) is 0 Å². The fourth-order valence-electron chi connectivity index (χ4n) is 2.20. The number of nitrogens with one attached hydrogen (secondary N) is 1. The van der Waals surface area contributed by atoms with Crippen molar-refractivity contribution in [2.24, 2.45) is 5.73 Å². The van der Waals surface area contributed by atoms with Gasteiger partial charge in [-0.2, -0.15) is 0 Å². The van der Waals surface area contributed by atoms with E-state index in [1.165, 1.54) is 0 Å². The second-order valence-corrected chi connectivity index (χ2v) is 5.56. The Morgan fingerprint density at radius 1 is 1.47 bits per heavy atom. The minimum absolute atomic E-state index is 0.179. The maximum absolute atomic E-state index is 11.3. The lowest BCUT2D eigenvalue weighted by atomic mass is 9.99. The molecule has 0 aliphatic carbocycles. The molecule has 1 atom stereocenters. The number of hydrogen-bond donors (Lipinski definition) is 2. The van der Waals surface area contributed by atoms with Crippen molar-refractivity contribution in [1.82, 2.24) is 0 Å². The summed E-state index contributed by atoms with van der Waals surface area (Å²) < 4.78 is 5.42. The summed E-state index contributed by atoms with van der Waals surface area (Å²) in [6.45, 7) is 8.10. The number of primary amides is 1. The first-order valence-electron chi connectivity index (χ1n) is 6.48. The van der Waals surface area contributed by atoms with Crippen LogP contribution < -0.4 is 11.1 Å². The Labute approximate surface area is 115 Å². The van der Waals surface area contributed by atoms with Crippen molar-refractivity contribution in [3.05, 3.63) is 29.3 Å². The number of ether oxygens (including phenoxy) is 1. The summed E-state index contributed by atoms with van der Waals surface area (Å²) in [7, 11) is 1.71. The molecule has 0 saturated heterocycles. The summed E-state index contributed by atoms with van der Waals surface area (Å²) >= 11 is 0. The number of nitrogens with two attached hydrogens (primary N) is 1. The van der Waals surface area contributed by atoms with Gasteiger partial charge in [-0.05, 0) is 51.8 Å². The van der Waals surface area contributed by atoms with Crippen molar-refractivity contribution in [2.75, 3.05) is 12.4 Å². The number of hydrogen-bond acceptors (Lipinski definition) is 3. The van der Waals surface area contributed by atoms with Gasteiger partial charge in [0.2, 0.25) is 5.91 Å². The van der Waals surface area contributed by atoms with Crippen molar-refractivity contribution in [3.63, 3.8) is 0 Å². The Kier molecular flexibility index (Phi) is 4.95. The van der Waals surface area contributed by atoms with Crippen LogP contribution in [0.15, 0.2) is 18.2 Å². The number of carbonyl (C=O) groups excluding carboxylic acids is 1. The lowest BCUT2D eigenvalue weighted by Gasteiger charge is -2.28. The fourth-order valence-corrected chi connectivity index (χ4v) is 2.20. The minimum atomic E-state index is -0.397. The molecule has 1 aromatic rings. The highest BCUT2D eigenvalue weighted by Crippen LogP contribution is 2.22. The van der Waals surface area contributed by atoms with E-state index in [0.29, 0.717) is 5.56 Å². The van der Waals surface area contributed by atoms with Gasteiger partial charge in [0, 0.05) is 24.4 Å². The number of benzene rings is 1. The van der Waals surface area contributed by atoms with E-state index >= 15 is 0 Å². The molecule has 0 heterocycles. The van der Waals surface area contributed by atoms with Crippen molar-refractivity contribution in [3.8, 4) is 0 Å². The van der Waals surface area contributed by atoms with Crippen LogP contribution in [0, 0.1) is 6.92 Å². The number of rotatable bonds is 6. The lowest BCUT2D eigenvalue weighted by molar-refractivity contribution is 0.0128. The molecule has 0 aromatic heterocycles. The van der Waals surface area contributed by atoms with E-state index in [2.05, 4.69) is 26.1 Å². The molecule has 4 heteroatoms. The quantitative estimate of drug-likeness (QED) is 0.830. The predicted molar refractivity (Wildman–Crippen MR) is 78.5 cm³/mol. The molecule has 1 rings (SSSR count). The van der Waals surface area contributed by atoms with Gasteiger partial charge < -0.3 is 15.8 Å². The Morgan fingerprint density at radius 2 is 2.11 bits per heavy atom. The lowest BCUT2D eigenvalue weighted by Crippen LogP contribution is -2.31. The van der Waals surface area contributed by atoms with Crippen LogP contribution in [-0.2, 0) is 4.74 Å². The predicted octanol–water partition coefficient (Wildman–Crippen LogP) is 2.71. The fraction of sp³-hybridized carbons (Fsp3) is 0.533. The van der Waals surface area contributed by atoms with Gasteiger partial charge in [0.15, 0.2) is 0 Å². The molecule has 0 spiro atoms. The zero-order valence-corrected chi connectivity index (χ0v) is 12.4. The first-order chi connectivity index (χ1) is 8.76. The van der Waals surface area contributed by atoms with Gasteiger partial charge in [-0.3, -0.25) is 4.79 Å².